The van der Waals surface area contributed by atoms with Crippen molar-refractivity contribution in [1.82, 2.24) is 0 Å². The third-order valence-electron chi connectivity index (χ3n) is 5.05. The minimum Gasteiger partial charge on any atom is -0.378 e. The molecule has 1 unspecified atom stereocenters. The van der Waals surface area contributed by atoms with Gasteiger partial charge in [-0.05, 0) is 41.8 Å². The van der Waals surface area contributed by atoms with Gasteiger partial charge in [0, 0.05) is 50.9 Å². The zero-order valence-electron chi connectivity index (χ0n) is 17.1. The average molecular weight is 370 g/mol. The Morgan fingerprint density at radius 1 is 0.852 bits per heavy atom. The first kappa shape index (κ1) is 20.7. The zero-order chi connectivity index (χ0) is 20.0. The van der Waals surface area contributed by atoms with Crippen LogP contribution in [0.2, 0.25) is 0 Å². The first-order valence-corrected chi connectivity index (χ1v) is 9.53. The van der Waals surface area contributed by atoms with Gasteiger partial charge in [-0.25, -0.2) is 0 Å². The highest BCUT2D eigenvalue weighted by Crippen LogP contribution is 2.34. The minimum absolute atomic E-state index is 0.0972. The fourth-order valence-electron chi connectivity index (χ4n) is 3.40. The predicted octanol–water partition coefficient (Wildman–Crippen LogP) is 4.79. The van der Waals surface area contributed by atoms with Crippen molar-refractivity contribution >= 4 is 11.4 Å². The highest BCUT2D eigenvalue weighted by atomic mass is 16.6. The number of unbranched alkanes of at least 4 members (excludes halogenated alkanes) is 1. The van der Waals surface area contributed by atoms with E-state index in [2.05, 4.69) is 6.92 Å². The summed E-state index contributed by atoms with van der Waals surface area (Å²) in [4.78, 5) is 15.9. The monoisotopic (exact) mass is 369 g/mol. The van der Waals surface area contributed by atoms with Gasteiger partial charge < -0.3 is 9.80 Å². The summed E-state index contributed by atoms with van der Waals surface area (Å²) < 4.78 is 0. The third kappa shape index (κ3) is 5.22. The first-order valence-electron chi connectivity index (χ1n) is 9.53. The van der Waals surface area contributed by atoms with Crippen molar-refractivity contribution < 1.29 is 4.92 Å². The molecule has 0 radical (unpaired) electrons. The van der Waals surface area contributed by atoms with E-state index in [-0.39, 0.29) is 10.8 Å². The van der Waals surface area contributed by atoms with Crippen molar-refractivity contribution in [1.29, 1.82) is 0 Å². The molecular formula is C22H31N3O2. The van der Waals surface area contributed by atoms with Crippen LogP contribution < -0.4 is 9.80 Å². The van der Waals surface area contributed by atoms with Crippen molar-refractivity contribution in [3.8, 4) is 0 Å². The fraction of sp³-hybridized carbons (Fsp3) is 0.455. The second-order valence-electron chi connectivity index (χ2n) is 7.44. The highest BCUT2D eigenvalue weighted by molar-refractivity contribution is 5.50. The van der Waals surface area contributed by atoms with Gasteiger partial charge in [-0.2, -0.15) is 0 Å². The Bertz CT molecular complexity index is 673. The lowest BCUT2D eigenvalue weighted by atomic mass is 9.83. The van der Waals surface area contributed by atoms with Crippen LogP contribution in [0.4, 0.5) is 11.4 Å². The van der Waals surface area contributed by atoms with Crippen LogP contribution in [-0.2, 0) is 0 Å². The van der Waals surface area contributed by atoms with Crippen molar-refractivity contribution in [2.24, 2.45) is 0 Å². The van der Waals surface area contributed by atoms with Gasteiger partial charge in [0.2, 0.25) is 6.04 Å². The molecule has 0 aromatic heterocycles. The lowest BCUT2D eigenvalue weighted by Crippen LogP contribution is -2.28. The molecule has 1 atom stereocenters. The standard InChI is InChI=1S/C22H31N3O2/c1-6-7-8-21(25(26)27)22(17-9-13-19(14-10-17)23(2)3)18-11-15-20(16-12-18)24(4)5/h9-16,21-22H,6-8H2,1-5H3. The molecule has 0 aliphatic heterocycles. The van der Waals surface area contributed by atoms with Crippen molar-refractivity contribution in [3.05, 3.63) is 69.8 Å². The van der Waals surface area contributed by atoms with Crippen LogP contribution in [-0.4, -0.2) is 39.2 Å². The number of hydrogen-bond acceptors (Lipinski definition) is 4. The average Bonchev–Trinajstić information content (AvgIpc) is 2.65. The fourth-order valence-corrected chi connectivity index (χ4v) is 3.40. The Morgan fingerprint density at radius 3 is 1.56 bits per heavy atom. The Labute approximate surface area is 162 Å². The molecule has 5 heteroatoms. The molecule has 0 saturated carbocycles. The van der Waals surface area contributed by atoms with Gasteiger partial charge in [0.05, 0.1) is 5.92 Å². The van der Waals surface area contributed by atoms with Gasteiger partial charge in [0.15, 0.2) is 0 Å². The maximum absolute atomic E-state index is 11.9. The van der Waals surface area contributed by atoms with Crippen molar-refractivity contribution in [2.45, 2.75) is 38.1 Å². The molecule has 0 bridgehead atoms. The SMILES string of the molecule is CCCCC(C(c1ccc(N(C)C)cc1)c1ccc(N(C)C)cc1)[N+](=O)[O-]. The summed E-state index contributed by atoms with van der Waals surface area (Å²) in [5, 5.41) is 11.9. The van der Waals surface area contributed by atoms with Gasteiger partial charge in [0.25, 0.3) is 0 Å². The third-order valence-corrected chi connectivity index (χ3v) is 5.05. The van der Waals surface area contributed by atoms with E-state index in [0.717, 1.165) is 35.3 Å². The van der Waals surface area contributed by atoms with Crippen LogP contribution in [0.1, 0.15) is 43.2 Å². The number of benzene rings is 2. The van der Waals surface area contributed by atoms with Crippen LogP contribution >= 0.6 is 0 Å². The zero-order valence-corrected chi connectivity index (χ0v) is 17.1. The van der Waals surface area contributed by atoms with Gasteiger partial charge in [-0.15, -0.1) is 0 Å². The van der Waals surface area contributed by atoms with E-state index in [0.29, 0.717) is 6.42 Å². The summed E-state index contributed by atoms with van der Waals surface area (Å²) in [6, 6.07) is 15.6. The molecule has 146 valence electrons. The molecular weight excluding hydrogens is 338 g/mol. The molecule has 0 aliphatic rings. The minimum atomic E-state index is -0.625. The molecule has 2 rings (SSSR count). The smallest absolute Gasteiger partial charge is 0.223 e. The van der Waals surface area contributed by atoms with Gasteiger partial charge in [-0.3, -0.25) is 10.1 Å². The Balaban J connectivity index is 2.47. The topological polar surface area (TPSA) is 49.6 Å². The van der Waals surface area contributed by atoms with E-state index in [1.54, 1.807) is 0 Å². The van der Waals surface area contributed by atoms with E-state index in [1.165, 1.54) is 0 Å². The number of anilines is 2. The number of hydrogen-bond donors (Lipinski definition) is 0. The molecule has 0 aliphatic carbocycles. The van der Waals surface area contributed by atoms with E-state index in [9.17, 15) is 10.1 Å². The molecule has 0 spiro atoms. The lowest BCUT2D eigenvalue weighted by Gasteiger charge is -2.24. The number of rotatable bonds is 9. The van der Waals surface area contributed by atoms with Crippen LogP contribution in [0, 0.1) is 10.1 Å². The van der Waals surface area contributed by atoms with Gasteiger partial charge >= 0.3 is 0 Å². The van der Waals surface area contributed by atoms with Crippen LogP contribution in [0.25, 0.3) is 0 Å². The second kappa shape index (κ2) is 9.40. The van der Waals surface area contributed by atoms with Crippen LogP contribution in [0.15, 0.2) is 48.5 Å². The highest BCUT2D eigenvalue weighted by Gasteiger charge is 2.33. The molecule has 0 saturated heterocycles. The van der Waals surface area contributed by atoms with E-state index in [4.69, 9.17) is 0 Å². The molecule has 0 heterocycles. The molecule has 0 amide bonds. The second-order valence-corrected chi connectivity index (χ2v) is 7.44. The Morgan fingerprint density at radius 2 is 1.26 bits per heavy atom. The van der Waals surface area contributed by atoms with Crippen LogP contribution in [0.5, 0.6) is 0 Å². The molecule has 0 fully saturated rings. The summed E-state index contributed by atoms with van der Waals surface area (Å²) in [6.07, 6.45) is 2.39. The Hall–Kier alpha value is -2.56. The van der Waals surface area contributed by atoms with Crippen molar-refractivity contribution in [2.75, 3.05) is 38.0 Å². The predicted molar refractivity (Wildman–Crippen MR) is 114 cm³/mol. The summed E-state index contributed by atoms with van der Waals surface area (Å²) in [5.74, 6) is -0.251. The molecule has 2 aromatic carbocycles. The quantitative estimate of drug-likeness (QED) is 0.471. The summed E-state index contributed by atoms with van der Waals surface area (Å²) in [7, 11) is 7.97. The van der Waals surface area contributed by atoms with E-state index >= 15 is 0 Å². The van der Waals surface area contributed by atoms with Crippen molar-refractivity contribution in [3.63, 3.8) is 0 Å². The molecule has 2 aromatic rings. The largest absolute Gasteiger partial charge is 0.378 e. The maximum atomic E-state index is 11.9. The number of nitrogens with zero attached hydrogens (tertiary/aromatic N) is 3. The normalized spacial score (nSPS) is 12.1. The maximum Gasteiger partial charge on any atom is 0.223 e. The first-order chi connectivity index (χ1) is 12.8. The Kier molecular flexibility index (Phi) is 7.22. The van der Waals surface area contributed by atoms with Gasteiger partial charge in [0.1, 0.15) is 0 Å². The van der Waals surface area contributed by atoms with E-state index in [1.807, 2.05) is 86.5 Å². The number of nitro groups is 1. The molecule has 5 nitrogen and oxygen atoms in total. The summed E-state index contributed by atoms with van der Waals surface area (Å²) >= 11 is 0. The summed E-state index contributed by atoms with van der Waals surface area (Å²) in [5.41, 5.74) is 4.17. The lowest BCUT2D eigenvalue weighted by molar-refractivity contribution is -0.526. The van der Waals surface area contributed by atoms with Gasteiger partial charge in [-0.1, -0.05) is 37.6 Å². The molecule has 27 heavy (non-hydrogen) atoms. The molecule has 0 N–H and O–H groups in total. The van der Waals surface area contributed by atoms with Crippen LogP contribution in [0.3, 0.4) is 0 Å². The van der Waals surface area contributed by atoms with E-state index < -0.39 is 6.04 Å². The summed E-state index contributed by atoms with van der Waals surface area (Å²) in [6.45, 7) is 2.07.